The third-order valence-electron chi connectivity index (χ3n) is 6.77. The van der Waals surface area contributed by atoms with Crippen molar-refractivity contribution in [3.8, 4) is 11.5 Å². The van der Waals surface area contributed by atoms with Crippen molar-refractivity contribution in [2.45, 2.75) is 33.4 Å². The SMILES string of the molecule is CCOC(=O)C1=C(C)N=c2s/c(=C/c3cc(I)c(OCc4ccc(C)cc4)c(OC)c3)c(=O)n2[C@H]1c1ccccc1Cl. The average Bonchev–Trinajstić information content (AvgIpc) is 3.26. The summed E-state index contributed by atoms with van der Waals surface area (Å²) in [5, 5.41) is 0.439. The van der Waals surface area contributed by atoms with E-state index in [1.165, 1.54) is 21.5 Å². The number of carbonyl (C=O) groups is 1. The number of esters is 1. The predicted molar refractivity (Wildman–Crippen MR) is 173 cm³/mol. The number of halogens is 2. The van der Waals surface area contributed by atoms with Crippen LogP contribution in [0.5, 0.6) is 11.5 Å². The van der Waals surface area contributed by atoms with Gasteiger partial charge >= 0.3 is 5.97 Å². The Labute approximate surface area is 265 Å². The summed E-state index contributed by atoms with van der Waals surface area (Å²) in [6, 6.07) is 18.3. The highest BCUT2D eigenvalue weighted by molar-refractivity contribution is 14.1. The summed E-state index contributed by atoms with van der Waals surface area (Å²) in [7, 11) is 1.59. The van der Waals surface area contributed by atoms with E-state index in [0.29, 0.717) is 43.7 Å². The van der Waals surface area contributed by atoms with E-state index in [2.05, 4.69) is 27.6 Å². The maximum atomic E-state index is 13.9. The third kappa shape index (κ3) is 6.04. The average molecular weight is 715 g/mol. The molecule has 1 aliphatic rings. The molecular formula is C32H28ClIN2O5S. The Balaban J connectivity index is 1.58. The fraction of sp³-hybridized carbons (Fsp3) is 0.219. The lowest BCUT2D eigenvalue weighted by Crippen LogP contribution is -2.40. The molecule has 0 bridgehead atoms. The van der Waals surface area contributed by atoms with Gasteiger partial charge in [0, 0.05) is 5.02 Å². The molecule has 0 saturated heterocycles. The molecule has 0 fully saturated rings. The van der Waals surface area contributed by atoms with Crippen molar-refractivity contribution in [1.82, 2.24) is 4.57 Å². The van der Waals surface area contributed by atoms with Crippen LogP contribution < -0.4 is 24.4 Å². The summed E-state index contributed by atoms with van der Waals surface area (Å²) < 4.78 is 20.0. The number of nitrogens with zero attached hydrogens (tertiary/aromatic N) is 2. The molecule has 3 aromatic carbocycles. The highest BCUT2D eigenvalue weighted by Gasteiger charge is 2.34. The molecule has 216 valence electrons. The monoisotopic (exact) mass is 714 g/mol. The number of hydrogen-bond acceptors (Lipinski definition) is 7. The summed E-state index contributed by atoms with van der Waals surface area (Å²) >= 11 is 10.1. The fourth-order valence-corrected chi connectivity index (χ4v) is 6.80. The molecule has 42 heavy (non-hydrogen) atoms. The molecule has 1 aromatic heterocycles. The number of thiazole rings is 1. The summed E-state index contributed by atoms with van der Waals surface area (Å²) in [4.78, 5) is 32.1. The van der Waals surface area contributed by atoms with E-state index in [-0.39, 0.29) is 17.7 Å². The quantitative estimate of drug-likeness (QED) is 0.167. The molecule has 10 heteroatoms. The molecule has 0 N–H and O–H groups in total. The second-order valence-corrected chi connectivity index (χ2v) is 12.2. The van der Waals surface area contributed by atoms with Gasteiger partial charge in [-0.05, 0) is 84.3 Å². The number of hydrogen-bond donors (Lipinski definition) is 0. The van der Waals surface area contributed by atoms with E-state index >= 15 is 0 Å². The van der Waals surface area contributed by atoms with Crippen molar-refractivity contribution >= 4 is 57.6 Å². The molecule has 0 unspecified atom stereocenters. The van der Waals surface area contributed by atoms with E-state index in [4.69, 9.17) is 25.8 Å². The van der Waals surface area contributed by atoms with Crippen LogP contribution in [0, 0.1) is 10.5 Å². The molecule has 0 radical (unpaired) electrons. The van der Waals surface area contributed by atoms with Gasteiger partial charge in [-0.3, -0.25) is 9.36 Å². The van der Waals surface area contributed by atoms with Gasteiger partial charge in [0.15, 0.2) is 16.3 Å². The zero-order valence-electron chi connectivity index (χ0n) is 23.4. The molecule has 1 aliphatic heterocycles. The number of aryl methyl sites for hydroxylation is 1. The van der Waals surface area contributed by atoms with Gasteiger partial charge in [-0.1, -0.05) is 71.0 Å². The van der Waals surface area contributed by atoms with Crippen molar-refractivity contribution in [2.24, 2.45) is 4.99 Å². The standard InChI is InChI=1S/C32H28ClIN2O5S/c1-5-40-31(38)27-19(3)35-32-36(28(27)22-8-6-7-9-23(22)33)30(37)26(42-32)16-21-14-24(34)29(25(15-21)39-4)41-17-20-12-10-18(2)11-13-20/h6-16,28H,5,17H2,1-4H3/b26-16+/t28-/m0/s1. The van der Waals surface area contributed by atoms with Crippen LogP contribution in [0.25, 0.3) is 6.08 Å². The van der Waals surface area contributed by atoms with Gasteiger partial charge in [-0.2, -0.15) is 0 Å². The van der Waals surface area contributed by atoms with Crippen molar-refractivity contribution in [3.05, 3.63) is 122 Å². The van der Waals surface area contributed by atoms with Crippen LogP contribution in [0.15, 0.2) is 81.7 Å². The van der Waals surface area contributed by atoms with Crippen molar-refractivity contribution < 1.29 is 19.0 Å². The first-order chi connectivity index (χ1) is 20.2. The van der Waals surface area contributed by atoms with Crippen LogP contribution in [0.4, 0.5) is 0 Å². The van der Waals surface area contributed by atoms with Gasteiger partial charge < -0.3 is 14.2 Å². The summed E-state index contributed by atoms with van der Waals surface area (Å²) in [6.45, 7) is 6.12. The molecule has 4 aromatic rings. The van der Waals surface area contributed by atoms with Gasteiger partial charge in [-0.25, -0.2) is 9.79 Å². The van der Waals surface area contributed by atoms with E-state index < -0.39 is 12.0 Å². The smallest absolute Gasteiger partial charge is 0.338 e. The Morgan fingerprint density at radius 1 is 1.14 bits per heavy atom. The van der Waals surface area contributed by atoms with Crippen LogP contribution in [0.3, 0.4) is 0 Å². The number of methoxy groups -OCH3 is 1. The minimum Gasteiger partial charge on any atom is -0.493 e. The van der Waals surface area contributed by atoms with E-state index in [1.54, 1.807) is 39.2 Å². The number of fused-ring (bicyclic) bond motifs is 1. The maximum Gasteiger partial charge on any atom is 0.338 e. The van der Waals surface area contributed by atoms with Gasteiger partial charge in [-0.15, -0.1) is 0 Å². The minimum atomic E-state index is -0.775. The zero-order valence-corrected chi connectivity index (χ0v) is 27.2. The van der Waals surface area contributed by atoms with Gasteiger partial charge in [0.25, 0.3) is 5.56 Å². The lowest BCUT2D eigenvalue weighted by molar-refractivity contribution is -0.139. The first-order valence-corrected chi connectivity index (χ1v) is 15.5. The number of aromatic nitrogens is 1. The lowest BCUT2D eigenvalue weighted by atomic mass is 9.96. The predicted octanol–water partition coefficient (Wildman–Crippen LogP) is 5.95. The highest BCUT2D eigenvalue weighted by atomic mass is 127. The topological polar surface area (TPSA) is 79.1 Å². The summed E-state index contributed by atoms with van der Waals surface area (Å²) in [5.74, 6) is 0.659. The van der Waals surface area contributed by atoms with Gasteiger partial charge in [0.2, 0.25) is 0 Å². The van der Waals surface area contributed by atoms with Crippen LogP contribution in [0.2, 0.25) is 5.02 Å². The maximum absolute atomic E-state index is 13.9. The zero-order chi connectivity index (χ0) is 30.0. The largest absolute Gasteiger partial charge is 0.493 e. The van der Waals surface area contributed by atoms with Crippen molar-refractivity contribution in [3.63, 3.8) is 0 Å². The molecule has 1 atom stereocenters. The summed E-state index contributed by atoms with van der Waals surface area (Å²) in [6.07, 6.45) is 1.80. The molecule has 5 rings (SSSR count). The second kappa shape index (κ2) is 12.8. The molecule has 2 heterocycles. The Bertz CT molecular complexity index is 1880. The molecule has 0 spiro atoms. The Kier molecular flexibility index (Phi) is 9.19. The molecule has 0 amide bonds. The van der Waals surface area contributed by atoms with Crippen LogP contribution in [-0.4, -0.2) is 24.3 Å². The molecule has 0 saturated carbocycles. The van der Waals surface area contributed by atoms with Crippen molar-refractivity contribution in [2.75, 3.05) is 13.7 Å². The van der Waals surface area contributed by atoms with E-state index in [9.17, 15) is 9.59 Å². The fourth-order valence-electron chi connectivity index (χ4n) is 4.74. The number of rotatable bonds is 8. The lowest BCUT2D eigenvalue weighted by Gasteiger charge is -2.25. The van der Waals surface area contributed by atoms with Crippen LogP contribution >= 0.6 is 45.5 Å². The van der Waals surface area contributed by atoms with Crippen LogP contribution in [-0.2, 0) is 16.1 Å². The number of benzene rings is 3. The van der Waals surface area contributed by atoms with E-state index in [1.807, 2.05) is 55.5 Å². The number of allylic oxidation sites excluding steroid dienone is 1. The highest BCUT2D eigenvalue weighted by Crippen LogP contribution is 2.36. The van der Waals surface area contributed by atoms with Gasteiger partial charge in [0.1, 0.15) is 12.6 Å². The second-order valence-electron chi connectivity index (χ2n) is 9.63. The Morgan fingerprint density at radius 2 is 1.88 bits per heavy atom. The normalized spacial score (nSPS) is 14.8. The molecule has 0 aliphatic carbocycles. The summed E-state index contributed by atoms with van der Waals surface area (Å²) in [5.41, 5.74) is 4.11. The van der Waals surface area contributed by atoms with E-state index in [0.717, 1.165) is 14.7 Å². The molecule has 7 nitrogen and oxygen atoms in total. The minimum absolute atomic E-state index is 0.195. The third-order valence-corrected chi connectivity index (χ3v) is 8.90. The van der Waals surface area contributed by atoms with Gasteiger partial charge in [0.05, 0.1) is 33.1 Å². The molecular weight excluding hydrogens is 687 g/mol. The Morgan fingerprint density at radius 3 is 2.57 bits per heavy atom. The number of carbonyl (C=O) groups excluding carboxylic acids is 1. The first-order valence-electron chi connectivity index (χ1n) is 13.2. The van der Waals surface area contributed by atoms with Crippen LogP contribution in [0.1, 0.15) is 42.1 Å². The number of ether oxygens (including phenoxy) is 3. The first kappa shape index (κ1) is 30.1. The van der Waals surface area contributed by atoms with Crippen molar-refractivity contribution in [1.29, 1.82) is 0 Å². The Hall–Kier alpha value is -3.41.